The van der Waals surface area contributed by atoms with Crippen molar-refractivity contribution in [3.63, 3.8) is 0 Å². The van der Waals surface area contributed by atoms with Crippen LogP contribution < -0.4 is 5.73 Å². The molecule has 0 spiro atoms. The molecule has 0 saturated carbocycles. The fourth-order valence-electron chi connectivity index (χ4n) is 3.45. The molecule has 1 unspecified atom stereocenters. The zero-order chi connectivity index (χ0) is 24.3. The van der Waals surface area contributed by atoms with Gasteiger partial charge in [-0.25, -0.2) is 9.78 Å². The Bertz CT molecular complexity index is 1230. The number of aryl methyl sites for hydroxylation is 1. The Kier molecular flexibility index (Phi) is 7.47. The largest absolute Gasteiger partial charge is 0.459 e. The van der Waals surface area contributed by atoms with Crippen LogP contribution in [-0.2, 0) is 14.3 Å². The van der Waals surface area contributed by atoms with E-state index in [1.807, 2.05) is 38.3 Å². The van der Waals surface area contributed by atoms with E-state index >= 15 is 0 Å². The second-order valence-corrected chi connectivity index (χ2v) is 9.70. The monoisotopic (exact) mass is 480 g/mol. The van der Waals surface area contributed by atoms with E-state index in [-0.39, 0.29) is 28.9 Å². The van der Waals surface area contributed by atoms with E-state index in [4.69, 9.17) is 15.2 Å². The topological polar surface area (TPSA) is 122 Å². The number of allylic oxidation sites excluding steroid dienone is 1. The van der Waals surface area contributed by atoms with Crippen molar-refractivity contribution in [2.45, 2.75) is 51.7 Å². The summed E-state index contributed by atoms with van der Waals surface area (Å²) in [4.78, 5) is 18.5. The molecule has 0 aliphatic carbocycles. The van der Waals surface area contributed by atoms with Gasteiger partial charge in [-0.05, 0) is 57.2 Å². The Morgan fingerprint density at radius 1 is 1.30 bits per heavy atom. The molecule has 0 aromatic carbocycles. The maximum Gasteiger partial charge on any atom is 0.338 e. The number of thiophene rings is 1. The van der Waals surface area contributed by atoms with Gasteiger partial charge >= 0.3 is 5.97 Å². The number of thioether (sulfide) groups is 1. The third-order valence-corrected chi connectivity index (χ3v) is 7.21. The van der Waals surface area contributed by atoms with E-state index in [0.717, 1.165) is 21.7 Å². The number of ether oxygens (including phenoxy) is 2. The highest BCUT2D eigenvalue weighted by molar-refractivity contribution is 7.99. The van der Waals surface area contributed by atoms with Gasteiger partial charge in [-0.1, -0.05) is 17.8 Å². The molecule has 0 amide bonds. The predicted octanol–water partition coefficient (Wildman–Crippen LogP) is 4.75. The minimum Gasteiger partial charge on any atom is -0.459 e. The SMILES string of the molecule is Cc1nc(SCC2=C(C(=O)OC(C)C)C(c3cccs3)C(C#N)=C(N)O2)c(C#N)c(C)c1C. The number of nitriles is 2. The number of hydrogen-bond donors (Lipinski definition) is 1. The van der Waals surface area contributed by atoms with E-state index in [2.05, 4.69) is 17.1 Å². The fraction of sp³-hybridized carbons (Fsp3) is 0.333. The van der Waals surface area contributed by atoms with Gasteiger partial charge in [0.05, 0.1) is 28.9 Å². The highest BCUT2D eigenvalue weighted by Gasteiger charge is 2.38. The van der Waals surface area contributed by atoms with Gasteiger partial charge in [0.2, 0.25) is 5.88 Å². The first-order chi connectivity index (χ1) is 15.7. The molecule has 2 N–H and O–H groups in total. The average Bonchev–Trinajstić information content (AvgIpc) is 3.29. The zero-order valence-corrected chi connectivity index (χ0v) is 20.7. The van der Waals surface area contributed by atoms with Gasteiger partial charge in [0.1, 0.15) is 28.5 Å². The predicted molar refractivity (Wildman–Crippen MR) is 127 cm³/mol. The second kappa shape index (κ2) is 10.1. The lowest BCUT2D eigenvalue weighted by Gasteiger charge is -2.27. The molecular formula is C24H24N4O3S2. The molecule has 0 bridgehead atoms. The minimum absolute atomic E-state index is 0.0441. The highest BCUT2D eigenvalue weighted by Crippen LogP contribution is 2.43. The van der Waals surface area contributed by atoms with E-state index in [0.29, 0.717) is 16.3 Å². The number of rotatable bonds is 6. The molecule has 0 radical (unpaired) electrons. The summed E-state index contributed by atoms with van der Waals surface area (Å²) in [6, 6.07) is 8.02. The summed E-state index contributed by atoms with van der Waals surface area (Å²) in [5, 5.41) is 21.9. The van der Waals surface area contributed by atoms with Crippen molar-refractivity contribution in [3.8, 4) is 12.1 Å². The number of carbonyl (C=O) groups excluding carboxylic acids is 1. The quantitative estimate of drug-likeness (QED) is 0.464. The van der Waals surface area contributed by atoms with E-state index in [1.165, 1.54) is 23.1 Å². The van der Waals surface area contributed by atoms with Gasteiger partial charge in [-0.2, -0.15) is 10.5 Å². The standard InChI is InChI=1S/C24H24N4O3S2/c1-12(2)30-24(29)21-18(11-33-23-16(9-25)14(4)13(3)15(5)28-23)31-22(27)17(10-26)20(21)19-7-6-8-32-19/h6-8,12,20H,11,27H2,1-5H3. The van der Waals surface area contributed by atoms with Crippen molar-refractivity contribution in [1.82, 2.24) is 4.98 Å². The van der Waals surface area contributed by atoms with Crippen molar-refractivity contribution in [1.29, 1.82) is 10.5 Å². The molecule has 33 heavy (non-hydrogen) atoms. The van der Waals surface area contributed by atoms with Crippen LogP contribution in [0.5, 0.6) is 0 Å². The number of nitrogens with zero attached hydrogens (tertiary/aromatic N) is 3. The van der Waals surface area contributed by atoms with Gasteiger partial charge in [0.25, 0.3) is 0 Å². The first kappa shape index (κ1) is 24.4. The molecule has 2 aromatic rings. The van der Waals surface area contributed by atoms with Gasteiger partial charge < -0.3 is 15.2 Å². The summed E-state index contributed by atoms with van der Waals surface area (Å²) in [5.41, 5.74) is 9.67. The van der Waals surface area contributed by atoms with Crippen LogP contribution in [-0.4, -0.2) is 22.8 Å². The van der Waals surface area contributed by atoms with E-state index in [1.54, 1.807) is 13.8 Å². The van der Waals surface area contributed by atoms with Crippen molar-refractivity contribution >= 4 is 29.1 Å². The maximum absolute atomic E-state index is 13.2. The number of nitrogens with two attached hydrogens (primary N) is 1. The summed E-state index contributed by atoms with van der Waals surface area (Å²) in [5.74, 6) is -0.813. The van der Waals surface area contributed by atoms with Crippen molar-refractivity contribution < 1.29 is 14.3 Å². The average molecular weight is 481 g/mol. The summed E-state index contributed by atoms with van der Waals surface area (Å²) < 4.78 is 11.3. The molecule has 3 rings (SSSR count). The molecular weight excluding hydrogens is 456 g/mol. The molecule has 2 aromatic heterocycles. The van der Waals surface area contributed by atoms with Crippen molar-refractivity contribution in [2.24, 2.45) is 5.73 Å². The van der Waals surface area contributed by atoms with Crippen LogP contribution in [0.4, 0.5) is 0 Å². The van der Waals surface area contributed by atoms with Crippen LogP contribution in [0.25, 0.3) is 0 Å². The Morgan fingerprint density at radius 3 is 2.61 bits per heavy atom. The number of pyridine rings is 1. The molecule has 1 aliphatic rings. The lowest BCUT2D eigenvalue weighted by molar-refractivity contribution is -0.143. The summed E-state index contributed by atoms with van der Waals surface area (Å²) in [6.45, 7) is 9.23. The Balaban J connectivity index is 2.10. The van der Waals surface area contributed by atoms with Gasteiger partial charge in [-0.15, -0.1) is 11.3 Å². The maximum atomic E-state index is 13.2. The van der Waals surface area contributed by atoms with Crippen LogP contribution in [0.1, 0.15) is 47.0 Å². The lowest BCUT2D eigenvalue weighted by Crippen LogP contribution is -2.27. The van der Waals surface area contributed by atoms with Crippen molar-refractivity contribution in [2.75, 3.05) is 5.75 Å². The zero-order valence-electron chi connectivity index (χ0n) is 19.1. The van der Waals surface area contributed by atoms with Crippen LogP contribution in [0.2, 0.25) is 0 Å². The summed E-state index contributed by atoms with van der Waals surface area (Å²) in [7, 11) is 0. The second-order valence-electron chi connectivity index (χ2n) is 7.76. The molecule has 170 valence electrons. The third-order valence-electron chi connectivity index (χ3n) is 5.30. The number of hydrogen-bond acceptors (Lipinski definition) is 9. The number of aromatic nitrogens is 1. The summed E-state index contributed by atoms with van der Waals surface area (Å²) in [6.07, 6.45) is -0.356. The minimum atomic E-state index is -0.685. The van der Waals surface area contributed by atoms with E-state index in [9.17, 15) is 15.3 Å². The van der Waals surface area contributed by atoms with Crippen LogP contribution in [0.3, 0.4) is 0 Å². The smallest absolute Gasteiger partial charge is 0.338 e. The van der Waals surface area contributed by atoms with E-state index < -0.39 is 11.9 Å². The van der Waals surface area contributed by atoms with Crippen LogP contribution in [0.15, 0.2) is 45.3 Å². The Morgan fingerprint density at radius 2 is 2.03 bits per heavy atom. The molecule has 3 heterocycles. The van der Waals surface area contributed by atoms with Crippen LogP contribution >= 0.6 is 23.1 Å². The summed E-state index contributed by atoms with van der Waals surface area (Å²) >= 11 is 2.70. The van der Waals surface area contributed by atoms with Crippen LogP contribution in [0, 0.1) is 43.4 Å². The van der Waals surface area contributed by atoms with Gasteiger partial charge in [0.15, 0.2) is 0 Å². The third kappa shape index (κ3) is 4.90. The molecule has 9 heteroatoms. The molecule has 0 fully saturated rings. The number of esters is 1. The first-order valence-corrected chi connectivity index (χ1v) is 12.1. The molecule has 1 aliphatic heterocycles. The molecule has 7 nitrogen and oxygen atoms in total. The Labute approximate surface area is 201 Å². The first-order valence-electron chi connectivity index (χ1n) is 10.2. The molecule has 1 atom stereocenters. The highest BCUT2D eigenvalue weighted by atomic mass is 32.2. The molecule has 0 saturated heterocycles. The van der Waals surface area contributed by atoms with Gasteiger partial charge in [-0.3, -0.25) is 0 Å². The fourth-order valence-corrected chi connectivity index (χ4v) is 5.32. The van der Waals surface area contributed by atoms with Gasteiger partial charge in [0, 0.05) is 10.6 Å². The lowest BCUT2D eigenvalue weighted by atomic mass is 9.87. The normalized spacial score (nSPS) is 15.8. The van der Waals surface area contributed by atoms with Crippen molar-refractivity contribution in [3.05, 3.63) is 67.6 Å². The Hall–Kier alpha value is -3.27. The number of carbonyl (C=O) groups is 1.